The molecule has 3 aromatic heterocycles. The average molecular weight is 760 g/mol. The van der Waals surface area contributed by atoms with Crippen LogP contribution in [0.2, 0.25) is 0 Å². The third kappa shape index (κ3) is 4.73. The van der Waals surface area contributed by atoms with Gasteiger partial charge in [0.1, 0.15) is 0 Å². The van der Waals surface area contributed by atoms with Gasteiger partial charge in [0.15, 0.2) is 0 Å². The molecule has 57 heavy (non-hydrogen) atoms. The van der Waals surface area contributed by atoms with E-state index < -0.39 is 310 Å². The molecule has 0 aliphatic carbocycles. The van der Waals surface area contributed by atoms with Gasteiger partial charge in [-0.3, -0.25) is 0 Å². The molecule has 12 aromatic rings. The lowest BCUT2D eigenvalue weighted by Gasteiger charge is -2.15. The van der Waals surface area contributed by atoms with Crippen molar-refractivity contribution in [2.45, 2.75) is 0 Å². The predicted molar refractivity (Wildman–Crippen MR) is 240 cm³/mol. The van der Waals surface area contributed by atoms with Gasteiger partial charge >= 0.3 is 0 Å². The lowest BCUT2D eigenvalue weighted by Crippen LogP contribution is -1.98. The van der Waals surface area contributed by atoms with E-state index in [-0.39, 0.29) is 0 Å². The Morgan fingerprint density at radius 2 is 0.684 bits per heavy atom. The zero-order chi connectivity index (χ0) is 67.0. The summed E-state index contributed by atoms with van der Waals surface area (Å²) in [7, 11) is 0. The maximum absolute atomic E-state index is 10.1. The molecule has 0 saturated carbocycles. The van der Waals surface area contributed by atoms with Crippen molar-refractivity contribution < 1.29 is 46.6 Å². The van der Waals surface area contributed by atoms with Gasteiger partial charge in [-0.25, -0.2) is 0 Å². The van der Waals surface area contributed by atoms with Gasteiger partial charge in [-0.1, -0.05) is 145 Å². The lowest BCUT2D eigenvalue weighted by molar-refractivity contribution is 1.17. The van der Waals surface area contributed by atoms with E-state index in [1.54, 1.807) is 0 Å². The fourth-order valence-electron chi connectivity index (χ4n) is 7.19. The molecule has 0 bridgehead atoms. The van der Waals surface area contributed by atoms with Gasteiger partial charge < -0.3 is 13.7 Å². The number of benzene rings is 9. The third-order valence-corrected chi connectivity index (χ3v) is 9.42. The molecular formula is C54H35N3. The zero-order valence-corrected chi connectivity index (χ0v) is 28.4. The van der Waals surface area contributed by atoms with E-state index in [2.05, 4.69) is 0 Å². The second kappa shape index (κ2) is 12.5. The zero-order valence-electron chi connectivity index (χ0n) is 62.4. The monoisotopic (exact) mass is 759 g/mol. The molecule has 0 fully saturated rings. The topological polar surface area (TPSA) is 14.8 Å². The minimum absolute atomic E-state index is 0.485. The van der Waals surface area contributed by atoms with E-state index >= 15 is 0 Å². The van der Waals surface area contributed by atoms with Crippen molar-refractivity contribution in [3.8, 4) is 39.3 Å². The summed E-state index contributed by atoms with van der Waals surface area (Å²) < 4.78 is 314. The van der Waals surface area contributed by atoms with Gasteiger partial charge in [-0.05, 0) is 88.7 Å². The molecule has 3 nitrogen and oxygen atoms in total. The Hall–Kier alpha value is -7.62. The van der Waals surface area contributed by atoms with E-state index in [0.29, 0.717) is 4.57 Å². The van der Waals surface area contributed by atoms with Crippen LogP contribution in [-0.4, -0.2) is 13.7 Å². The summed E-state index contributed by atoms with van der Waals surface area (Å²) in [4.78, 5) is 0. The molecule has 0 atom stereocenters. The molecule has 12 rings (SSSR count). The van der Waals surface area contributed by atoms with Crippen LogP contribution in [0, 0.1) is 0 Å². The molecule has 0 unspecified atom stereocenters. The first-order valence-electron chi connectivity index (χ1n) is 33.8. The highest BCUT2D eigenvalue weighted by atomic mass is 15.0. The highest BCUT2D eigenvalue weighted by Crippen LogP contribution is 2.43. The fourth-order valence-corrected chi connectivity index (χ4v) is 7.19. The standard InChI is InChI=1S/C54H35N3/c1-3-17-36(18-4-1)38-33-39(37-19-5-2-6-20-37)35-40(34-38)55-47-27-13-9-23-43(47)53-49(55)29-15-31-51(53)57-48-28-14-10-24-44(48)54-50(30-16-32-52(54)57)56-45-25-11-7-21-41(45)42-22-8-12-26-46(42)56/h1-35H/i1D,2D,3D,4D,5D,6D,7D,8D,9D,10D,11D,12D,13D,14D,15D,16D,17D,18D,19D,20D,21D,22D,23D,24D,25D,26D,27D,28D,29D,31D,32D,33D,34D,35D. The number of hydrogen-bond acceptors (Lipinski definition) is 0. The Labute approximate surface area is 377 Å². The molecule has 0 saturated heterocycles. The Morgan fingerprint density at radius 1 is 0.281 bits per heavy atom. The molecule has 0 spiro atoms. The van der Waals surface area contributed by atoms with E-state index in [1.807, 2.05) is 0 Å². The van der Waals surface area contributed by atoms with E-state index in [4.69, 9.17) is 27.4 Å². The number of aromatic nitrogens is 3. The van der Waals surface area contributed by atoms with Crippen LogP contribution in [0.1, 0.15) is 46.6 Å². The highest BCUT2D eigenvalue weighted by molar-refractivity contribution is 6.19. The second-order valence-electron chi connectivity index (χ2n) is 12.3. The van der Waals surface area contributed by atoms with Crippen LogP contribution < -0.4 is 0 Å². The van der Waals surface area contributed by atoms with Crippen molar-refractivity contribution in [3.05, 3.63) is 212 Å². The van der Waals surface area contributed by atoms with Gasteiger partial charge in [-0.15, -0.1) is 0 Å². The second-order valence-corrected chi connectivity index (χ2v) is 12.3. The molecule has 0 N–H and O–H groups in total. The first-order valence-corrected chi connectivity index (χ1v) is 16.8. The quantitative estimate of drug-likeness (QED) is 0.166. The minimum Gasteiger partial charge on any atom is -0.309 e. The van der Waals surface area contributed by atoms with Crippen LogP contribution >= 0.6 is 0 Å². The largest absolute Gasteiger partial charge is 0.309 e. The van der Waals surface area contributed by atoms with E-state index in [9.17, 15) is 19.2 Å². The lowest BCUT2D eigenvalue weighted by atomic mass is 9.98. The smallest absolute Gasteiger partial charge is 0.0651 e. The number of para-hydroxylation sites is 4. The van der Waals surface area contributed by atoms with Crippen LogP contribution in [0.4, 0.5) is 0 Å². The molecule has 9 aromatic carbocycles. The van der Waals surface area contributed by atoms with E-state index in [1.165, 1.54) is 0 Å². The van der Waals surface area contributed by atoms with Crippen molar-refractivity contribution in [2.24, 2.45) is 0 Å². The van der Waals surface area contributed by atoms with Gasteiger partial charge in [0, 0.05) is 38.0 Å². The summed E-state index contributed by atoms with van der Waals surface area (Å²) >= 11 is 0. The summed E-state index contributed by atoms with van der Waals surface area (Å²) in [6, 6.07) is -33.5. The Bertz CT molecular complexity index is 5290. The summed E-state index contributed by atoms with van der Waals surface area (Å²) in [5, 5.41) is -3.76. The molecular weight excluding hydrogens is 691 g/mol. The average Bonchev–Trinajstić information content (AvgIpc) is 1.54. The van der Waals surface area contributed by atoms with Gasteiger partial charge in [0.2, 0.25) is 0 Å². The molecule has 266 valence electrons. The summed E-state index contributed by atoms with van der Waals surface area (Å²) in [5.41, 5.74) is -10.9. The third-order valence-electron chi connectivity index (χ3n) is 9.42. The maximum atomic E-state index is 10.1. The number of fused-ring (bicyclic) bond motifs is 9. The number of nitrogens with zero attached hydrogens (tertiary/aromatic N) is 3. The molecule has 0 amide bonds. The van der Waals surface area contributed by atoms with E-state index in [0.717, 1.165) is 15.2 Å². The van der Waals surface area contributed by atoms with Crippen LogP contribution in [0.15, 0.2) is 212 Å². The molecule has 3 heterocycles. The SMILES string of the molecule is [2H]c1cc(-n2c3c([2H])c([2H])c([2H])c([2H])c3c3c([2H])c([2H])c([2H])c([2H])c32)c2c3c([2H])c([2H])c([2H])c([2H])c3n(-c3c([2H])c([2H])c([2H])c4c3c3c([2H])c([2H])c([2H])c([2H])c3n4-c3c([2H])c(-c4c([2H])c([2H])c([2H])c([2H])c4[2H])c([2H])c(-c4c([2H])c([2H])c([2H])c([2H])c4[2H])c3[2H])c2c1[2H]. The van der Waals surface area contributed by atoms with Crippen molar-refractivity contribution in [2.75, 3.05) is 0 Å². The van der Waals surface area contributed by atoms with Crippen LogP contribution in [0.3, 0.4) is 0 Å². The highest BCUT2D eigenvalue weighted by Gasteiger charge is 2.23. The Balaban J connectivity index is 1.40. The fraction of sp³-hybridized carbons (Fsp3) is 0. The Kier molecular flexibility index (Phi) is 2.84. The molecule has 0 aliphatic rings. The maximum Gasteiger partial charge on any atom is 0.0651 e. The summed E-state index contributed by atoms with van der Waals surface area (Å²) in [5.74, 6) is 0. The van der Waals surface area contributed by atoms with Crippen LogP contribution in [0.25, 0.3) is 105 Å². The minimum atomic E-state index is -1.22. The van der Waals surface area contributed by atoms with Crippen molar-refractivity contribution in [3.63, 3.8) is 0 Å². The van der Waals surface area contributed by atoms with Gasteiger partial charge in [0.05, 0.1) is 91.1 Å². The first kappa shape index (κ1) is 13.0. The van der Waals surface area contributed by atoms with Gasteiger partial charge in [0.25, 0.3) is 0 Å². The predicted octanol–water partition coefficient (Wildman–Crippen LogP) is 14.3. The molecule has 3 heteroatoms. The number of rotatable bonds is 5. The van der Waals surface area contributed by atoms with Crippen molar-refractivity contribution in [1.29, 1.82) is 0 Å². The number of hydrogen-bond donors (Lipinski definition) is 0. The normalized spacial score (nSPS) is 20.2. The van der Waals surface area contributed by atoms with Crippen molar-refractivity contribution >= 4 is 65.4 Å². The first-order chi connectivity index (χ1) is 42.4. The van der Waals surface area contributed by atoms with Crippen LogP contribution in [-0.2, 0) is 0 Å². The Morgan fingerprint density at radius 3 is 1.26 bits per heavy atom. The molecule has 0 aliphatic heterocycles. The summed E-state index contributed by atoms with van der Waals surface area (Å²) in [6.45, 7) is 0. The molecule has 0 radical (unpaired) electrons. The van der Waals surface area contributed by atoms with Crippen molar-refractivity contribution in [1.82, 2.24) is 13.7 Å². The van der Waals surface area contributed by atoms with Crippen LogP contribution in [0.5, 0.6) is 0 Å². The summed E-state index contributed by atoms with van der Waals surface area (Å²) in [6.07, 6.45) is 0. The van der Waals surface area contributed by atoms with Gasteiger partial charge in [-0.2, -0.15) is 0 Å².